The van der Waals surface area contributed by atoms with Gasteiger partial charge in [0.25, 0.3) is 0 Å². The van der Waals surface area contributed by atoms with Crippen molar-refractivity contribution in [2.45, 2.75) is 30.7 Å². The molecule has 0 bridgehead atoms. The molecule has 1 aliphatic rings. The number of piperidine rings is 1. The summed E-state index contributed by atoms with van der Waals surface area (Å²) in [7, 11) is -1.97. The summed E-state index contributed by atoms with van der Waals surface area (Å²) >= 11 is 0. The Morgan fingerprint density at radius 1 is 1.37 bits per heavy atom. The first-order chi connectivity index (χ1) is 9.03. The molecule has 3 N–H and O–H groups in total. The van der Waals surface area contributed by atoms with Gasteiger partial charge in [0.15, 0.2) is 0 Å². The molecule has 1 aliphatic heterocycles. The Bertz CT molecular complexity index is 537. The molecule has 1 heterocycles. The van der Waals surface area contributed by atoms with Crippen molar-refractivity contribution < 1.29 is 8.42 Å². The Morgan fingerprint density at radius 3 is 2.79 bits per heavy atom. The van der Waals surface area contributed by atoms with Crippen molar-refractivity contribution in [2.75, 3.05) is 25.5 Å². The van der Waals surface area contributed by atoms with Gasteiger partial charge in [-0.3, -0.25) is 0 Å². The van der Waals surface area contributed by atoms with Crippen LogP contribution in [0.5, 0.6) is 0 Å². The van der Waals surface area contributed by atoms with E-state index in [2.05, 4.69) is 15.4 Å². The van der Waals surface area contributed by atoms with Gasteiger partial charge in [0.2, 0.25) is 10.0 Å². The number of hydrogen-bond donors (Lipinski definition) is 3. The van der Waals surface area contributed by atoms with Crippen LogP contribution in [0, 0.1) is 6.92 Å². The fourth-order valence-corrected chi connectivity index (χ4v) is 3.29. The molecule has 0 saturated carbocycles. The normalized spacial score (nSPS) is 20.2. The van der Waals surface area contributed by atoms with E-state index in [-0.39, 0.29) is 0 Å². The van der Waals surface area contributed by atoms with Crippen LogP contribution in [0.15, 0.2) is 23.1 Å². The van der Waals surface area contributed by atoms with E-state index in [4.69, 9.17) is 0 Å². The molecule has 1 unspecified atom stereocenters. The number of hydrogen-bond acceptors (Lipinski definition) is 4. The predicted molar refractivity (Wildman–Crippen MR) is 76.9 cm³/mol. The topological polar surface area (TPSA) is 70.2 Å². The van der Waals surface area contributed by atoms with Gasteiger partial charge in [0, 0.05) is 18.3 Å². The van der Waals surface area contributed by atoms with Crippen molar-refractivity contribution in [3.63, 3.8) is 0 Å². The van der Waals surface area contributed by atoms with Gasteiger partial charge in [-0.2, -0.15) is 0 Å². The highest BCUT2D eigenvalue weighted by Gasteiger charge is 2.17. The van der Waals surface area contributed by atoms with Crippen molar-refractivity contribution in [1.29, 1.82) is 0 Å². The van der Waals surface area contributed by atoms with Crippen molar-refractivity contribution in [1.82, 2.24) is 10.0 Å². The maximum Gasteiger partial charge on any atom is 0.240 e. The van der Waals surface area contributed by atoms with E-state index < -0.39 is 10.0 Å². The van der Waals surface area contributed by atoms with Crippen LogP contribution in [-0.2, 0) is 10.0 Å². The Kier molecular flexibility index (Phi) is 4.44. The second-order valence-corrected chi connectivity index (χ2v) is 6.73. The van der Waals surface area contributed by atoms with Gasteiger partial charge in [-0.1, -0.05) is 6.07 Å². The van der Waals surface area contributed by atoms with Crippen LogP contribution in [0.2, 0.25) is 0 Å². The maximum absolute atomic E-state index is 11.9. The van der Waals surface area contributed by atoms with Crippen molar-refractivity contribution in [3.8, 4) is 0 Å². The standard InChI is InChI=1S/C13H21N3O2S/c1-10-5-6-11(8-13(10)19(17,18)14-2)16-12-4-3-7-15-9-12/h5-6,8,12,14-16H,3-4,7,9H2,1-2H3. The molecule has 0 radical (unpaired) electrons. The Labute approximate surface area is 114 Å². The number of nitrogens with one attached hydrogen (secondary N) is 3. The largest absolute Gasteiger partial charge is 0.381 e. The maximum atomic E-state index is 11.9. The van der Waals surface area contributed by atoms with Crippen molar-refractivity contribution in [2.24, 2.45) is 0 Å². The van der Waals surface area contributed by atoms with Gasteiger partial charge in [0.05, 0.1) is 4.90 Å². The molecule has 5 nitrogen and oxygen atoms in total. The van der Waals surface area contributed by atoms with Crippen LogP contribution in [0.4, 0.5) is 5.69 Å². The third-order valence-electron chi connectivity index (χ3n) is 3.41. The summed E-state index contributed by atoms with van der Waals surface area (Å²) in [4.78, 5) is 0.337. The molecule has 1 aromatic rings. The van der Waals surface area contributed by atoms with E-state index in [0.717, 1.165) is 37.2 Å². The summed E-state index contributed by atoms with van der Waals surface area (Å²) in [6.07, 6.45) is 2.25. The van der Waals surface area contributed by atoms with Gasteiger partial charge in [-0.15, -0.1) is 0 Å². The molecule has 0 spiro atoms. The predicted octanol–water partition coefficient (Wildman–Crippen LogP) is 1.07. The summed E-state index contributed by atoms with van der Waals surface area (Å²) in [6.45, 7) is 3.78. The summed E-state index contributed by atoms with van der Waals surface area (Å²) in [5.41, 5.74) is 1.61. The van der Waals surface area contributed by atoms with Crippen LogP contribution in [-0.4, -0.2) is 34.6 Å². The average Bonchev–Trinajstić information content (AvgIpc) is 2.42. The first-order valence-electron chi connectivity index (χ1n) is 6.54. The van der Waals surface area contributed by atoms with Crippen LogP contribution in [0.3, 0.4) is 0 Å². The third kappa shape index (κ3) is 3.46. The third-order valence-corrected chi connectivity index (χ3v) is 4.97. The molecule has 0 amide bonds. The van der Waals surface area contributed by atoms with E-state index in [9.17, 15) is 8.42 Å². The second-order valence-electron chi connectivity index (χ2n) is 4.88. The fourth-order valence-electron chi connectivity index (χ4n) is 2.30. The van der Waals surface area contributed by atoms with Crippen molar-refractivity contribution in [3.05, 3.63) is 23.8 Å². The molecule has 1 saturated heterocycles. The first-order valence-corrected chi connectivity index (χ1v) is 8.03. The highest BCUT2D eigenvalue weighted by Crippen LogP contribution is 2.21. The van der Waals surface area contributed by atoms with Crippen LogP contribution in [0.1, 0.15) is 18.4 Å². The lowest BCUT2D eigenvalue weighted by Crippen LogP contribution is -2.38. The van der Waals surface area contributed by atoms with Crippen LogP contribution >= 0.6 is 0 Å². The molecule has 1 aromatic carbocycles. The number of aryl methyl sites for hydroxylation is 1. The highest BCUT2D eigenvalue weighted by molar-refractivity contribution is 7.89. The first kappa shape index (κ1) is 14.3. The highest BCUT2D eigenvalue weighted by atomic mass is 32.2. The SMILES string of the molecule is CNS(=O)(=O)c1cc(NC2CCCNC2)ccc1C. The second kappa shape index (κ2) is 5.90. The van der Waals surface area contributed by atoms with Gasteiger partial charge in [-0.25, -0.2) is 13.1 Å². The molecule has 106 valence electrons. The quantitative estimate of drug-likeness (QED) is 0.773. The lowest BCUT2D eigenvalue weighted by atomic mass is 10.1. The number of sulfonamides is 1. The Morgan fingerprint density at radius 2 is 2.16 bits per heavy atom. The van der Waals surface area contributed by atoms with E-state index in [0.29, 0.717) is 10.9 Å². The Balaban J connectivity index is 2.21. The molecule has 1 fully saturated rings. The van der Waals surface area contributed by atoms with Crippen molar-refractivity contribution >= 4 is 15.7 Å². The average molecular weight is 283 g/mol. The minimum Gasteiger partial charge on any atom is -0.381 e. The molecular formula is C13H21N3O2S. The molecule has 19 heavy (non-hydrogen) atoms. The lowest BCUT2D eigenvalue weighted by Gasteiger charge is -2.25. The van der Waals surface area contributed by atoms with Gasteiger partial charge >= 0.3 is 0 Å². The van der Waals surface area contributed by atoms with Crippen LogP contribution < -0.4 is 15.4 Å². The molecule has 0 aliphatic carbocycles. The molecule has 0 aromatic heterocycles. The lowest BCUT2D eigenvalue weighted by molar-refractivity contribution is 0.480. The van der Waals surface area contributed by atoms with E-state index in [1.54, 1.807) is 13.0 Å². The molecule has 6 heteroatoms. The number of benzene rings is 1. The smallest absolute Gasteiger partial charge is 0.240 e. The van der Waals surface area contributed by atoms with Gasteiger partial charge in [0.1, 0.15) is 0 Å². The summed E-state index contributed by atoms with van der Waals surface area (Å²) in [5.74, 6) is 0. The monoisotopic (exact) mass is 283 g/mol. The zero-order valence-electron chi connectivity index (χ0n) is 11.4. The van der Waals surface area contributed by atoms with Crippen LogP contribution in [0.25, 0.3) is 0 Å². The van der Waals surface area contributed by atoms with E-state index in [1.807, 2.05) is 12.1 Å². The van der Waals surface area contributed by atoms with Gasteiger partial charge < -0.3 is 10.6 Å². The minimum atomic E-state index is -3.40. The number of rotatable bonds is 4. The molecule has 1 atom stereocenters. The summed E-state index contributed by atoms with van der Waals surface area (Å²) in [5, 5.41) is 6.72. The summed E-state index contributed by atoms with van der Waals surface area (Å²) in [6, 6.07) is 5.83. The zero-order chi connectivity index (χ0) is 13.9. The minimum absolute atomic E-state index is 0.337. The molecular weight excluding hydrogens is 262 g/mol. The summed E-state index contributed by atoms with van der Waals surface area (Å²) < 4.78 is 26.2. The van der Waals surface area contributed by atoms with Gasteiger partial charge in [-0.05, 0) is 51.1 Å². The number of anilines is 1. The van der Waals surface area contributed by atoms with E-state index in [1.165, 1.54) is 7.05 Å². The fraction of sp³-hybridized carbons (Fsp3) is 0.538. The zero-order valence-corrected chi connectivity index (χ0v) is 12.2. The molecule has 2 rings (SSSR count). The Hall–Kier alpha value is -1.11. The van der Waals surface area contributed by atoms with E-state index >= 15 is 0 Å².